The second-order valence-electron chi connectivity index (χ2n) is 7.42. The predicted octanol–water partition coefficient (Wildman–Crippen LogP) is 2.02. The van der Waals surface area contributed by atoms with E-state index >= 15 is 0 Å². The van der Waals surface area contributed by atoms with Gasteiger partial charge in [0.25, 0.3) is 5.91 Å². The Morgan fingerprint density at radius 1 is 1.28 bits per heavy atom. The highest BCUT2D eigenvalue weighted by atomic mass is 32.1. The molecule has 0 aromatic carbocycles. The van der Waals surface area contributed by atoms with Gasteiger partial charge >= 0.3 is 0 Å². The number of fused-ring (bicyclic) bond motifs is 1. The van der Waals surface area contributed by atoms with Gasteiger partial charge in [-0.3, -0.25) is 14.5 Å². The van der Waals surface area contributed by atoms with E-state index in [9.17, 15) is 9.59 Å². The highest BCUT2D eigenvalue weighted by molar-refractivity contribution is 7.17. The first-order valence-electron chi connectivity index (χ1n) is 8.95. The lowest BCUT2D eigenvalue weighted by Gasteiger charge is -2.34. The van der Waals surface area contributed by atoms with Crippen molar-refractivity contribution in [3.63, 3.8) is 0 Å². The fraction of sp³-hybridized carbons (Fsp3) is 0.667. The number of ether oxygens (including phenoxy) is 1. The van der Waals surface area contributed by atoms with E-state index in [0.717, 1.165) is 37.9 Å². The lowest BCUT2D eigenvalue weighted by atomic mass is 9.88. The number of carbonyl (C=O) groups excluding carboxylic acids is 2. The summed E-state index contributed by atoms with van der Waals surface area (Å²) < 4.78 is 5.70. The summed E-state index contributed by atoms with van der Waals surface area (Å²) in [6, 6.07) is 0. The van der Waals surface area contributed by atoms with Crippen molar-refractivity contribution in [2.45, 2.75) is 52.2 Å². The van der Waals surface area contributed by atoms with Gasteiger partial charge in [0.15, 0.2) is 0 Å². The van der Waals surface area contributed by atoms with Crippen LogP contribution in [-0.4, -0.2) is 48.6 Å². The number of nitrogens with one attached hydrogen (secondary N) is 1. The molecule has 6 nitrogen and oxygen atoms in total. The Hall–Kier alpha value is -1.44. The monoisotopic (exact) mass is 365 g/mol. The number of nitrogens with zero attached hydrogens (tertiary/aromatic N) is 1. The van der Waals surface area contributed by atoms with E-state index in [2.05, 4.69) is 17.1 Å². The predicted molar refractivity (Wildman–Crippen MR) is 99.1 cm³/mol. The summed E-state index contributed by atoms with van der Waals surface area (Å²) in [5, 5.41) is 3.55. The highest BCUT2D eigenvalue weighted by Crippen LogP contribution is 2.39. The van der Waals surface area contributed by atoms with E-state index in [1.165, 1.54) is 16.2 Å². The molecule has 0 bridgehead atoms. The lowest BCUT2D eigenvalue weighted by molar-refractivity contribution is -0.121. The van der Waals surface area contributed by atoms with Gasteiger partial charge in [-0.15, -0.1) is 11.3 Å². The molecular weight excluding hydrogens is 338 g/mol. The highest BCUT2D eigenvalue weighted by Gasteiger charge is 2.28. The molecule has 1 aliphatic carbocycles. The Balaban J connectivity index is 1.72. The van der Waals surface area contributed by atoms with Gasteiger partial charge in [-0.05, 0) is 44.6 Å². The Labute approximate surface area is 152 Å². The first kappa shape index (κ1) is 18.4. The third kappa shape index (κ3) is 4.22. The van der Waals surface area contributed by atoms with Gasteiger partial charge in [0.2, 0.25) is 5.91 Å². The Kier molecular flexibility index (Phi) is 5.46. The smallest absolute Gasteiger partial charge is 0.251 e. The minimum Gasteiger partial charge on any atom is -0.373 e. The molecule has 0 spiro atoms. The average molecular weight is 365 g/mol. The van der Waals surface area contributed by atoms with E-state index in [1.807, 2.05) is 13.8 Å². The summed E-state index contributed by atoms with van der Waals surface area (Å²) in [4.78, 5) is 27.7. The number of morpholine rings is 1. The van der Waals surface area contributed by atoms with Crippen LogP contribution in [0.1, 0.15) is 48.0 Å². The van der Waals surface area contributed by atoms with Crippen LogP contribution in [0.15, 0.2) is 0 Å². The minimum atomic E-state index is -0.448. The minimum absolute atomic E-state index is 0.101. The van der Waals surface area contributed by atoms with Gasteiger partial charge in [0.05, 0.1) is 24.3 Å². The number of hydrogen-bond donors (Lipinski definition) is 2. The molecule has 25 heavy (non-hydrogen) atoms. The van der Waals surface area contributed by atoms with Crippen molar-refractivity contribution in [1.82, 2.24) is 4.90 Å². The molecule has 3 atom stereocenters. The number of thiophene rings is 1. The van der Waals surface area contributed by atoms with Crippen molar-refractivity contribution in [1.29, 1.82) is 0 Å². The number of rotatable bonds is 4. The maximum atomic E-state index is 12.5. The molecule has 138 valence electrons. The lowest BCUT2D eigenvalue weighted by Crippen LogP contribution is -2.48. The van der Waals surface area contributed by atoms with Crippen LogP contribution in [-0.2, 0) is 22.4 Å². The first-order valence-corrected chi connectivity index (χ1v) is 9.77. The average Bonchev–Trinajstić information content (AvgIpc) is 2.82. The summed E-state index contributed by atoms with van der Waals surface area (Å²) in [7, 11) is 0. The number of hydrogen-bond acceptors (Lipinski definition) is 5. The molecule has 3 N–H and O–H groups in total. The zero-order chi connectivity index (χ0) is 18.1. The van der Waals surface area contributed by atoms with Crippen molar-refractivity contribution in [2.75, 3.05) is 25.0 Å². The van der Waals surface area contributed by atoms with Gasteiger partial charge in [0.1, 0.15) is 5.00 Å². The van der Waals surface area contributed by atoms with E-state index in [0.29, 0.717) is 23.0 Å². The third-order valence-corrected chi connectivity index (χ3v) is 6.04. The van der Waals surface area contributed by atoms with Gasteiger partial charge in [-0.2, -0.15) is 0 Å². The molecule has 1 aromatic heterocycles. The number of anilines is 1. The summed E-state index contributed by atoms with van der Waals surface area (Å²) in [6.45, 7) is 8.01. The first-order chi connectivity index (χ1) is 11.8. The summed E-state index contributed by atoms with van der Waals surface area (Å²) >= 11 is 1.51. The fourth-order valence-electron chi connectivity index (χ4n) is 3.88. The van der Waals surface area contributed by atoms with Gasteiger partial charge < -0.3 is 15.8 Å². The van der Waals surface area contributed by atoms with Gasteiger partial charge in [-0.25, -0.2) is 0 Å². The third-order valence-electron chi connectivity index (χ3n) is 4.87. The molecule has 1 aliphatic heterocycles. The topological polar surface area (TPSA) is 84.7 Å². The zero-order valence-corrected chi connectivity index (χ0v) is 15.9. The maximum absolute atomic E-state index is 12.5. The fourth-order valence-corrected chi connectivity index (χ4v) is 5.31. The van der Waals surface area contributed by atoms with Crippen LogP contribution in [0.2, 0.25) is 0 Å². The van der Waals surface area contributed by atoms with Crippen molar-refractivity contribution < 1.29 is 14.3 Å². The molecule has 0 unspecified atom stereocenters. The van der Waals surface area contributed by atoms with Crippen molar-refractivity contribution in [3.05, 3.63) is 16.0 Å². The van der Waals surface area contributed by atoms with Crippen LogP contribution in [0.4, 0.5) is 5.00 Å². The molecule has 3 rings (SSSR count). The van der Waals surface area contributed by atoms with Crippen LogP contribution < -0.4 is 11.1 Å². The van der Waals surface area contributed by atoms with Crippen LogP contribution in [0.5, 0.6) is 0 Å². The largest absolute Gasteiger partial charge is 0.373 e. The van der Waals surface area contributed by atoms with Crippen molar-refractivity contribution in [3.8, 4) is 0 Å². The standard InChI is InChI=1S/C18H27N3O3S/c1-10-4-5-13-14(6-10)25-18(16(13)17(19)23)20-15(22)9-21-7-11(2)24-12(3)8-21/h10-12H,4-9H2,1-3H3,(H2,19,23)(H,20,22)/t10-,11-,12+/m0/s1. The van der Waals surface area contributed by atoms with Crippen LogP contribution >= 0.6 is 11.3 Å². The van der Waals surface area contributed by atoms with Crippen LogP contribution in [0.3, 0.4) is 0 Å². The Morgan fingerprint density at radius 2 is 1.96 bits per heavy atom. The quantitative estimate of drug-likeness (QED) is 0.855. The molecule has 0 radical (unpaired) electrons. The van der Waals surface area contributed by atoms with Gasteiger partial charge in [0, 0.05) is 18.0 Å². The molecular formula is C18H27N3O3S. The van der Waals surface area contributed by atoms with E-state index in [1.54, 1.807) is 0 Å². The van der Waals surface area contributed by atoms with Crippen molar-refractivity contribution >= 4 is 28.2 Å². The molecule has 7 heteroatoms. The number of amides is 2. The summed E-state index contributed by atoms with van der Waals surface area (Å²) in [5.41, 5.74) is 7.16. The number of nitrogens with two attached hydrogens (primary N) is 1. The number of primary amides is 1. The molecule has 0 saturated carbocycles. The summed E-state index contributed by atoms with van der Waals surface area (Å²) in [5.74, 6) is 0.0539. The molecule has 1 fully saturated rings. The summed E-state index contributed by atoms with van der Waals surface area (Å²) in [6.07, 6.45) is 3.11. The molecule has 2 heterocycles. The molecule has 2 amide bonds. The SMILES string of the molecule is C[C@H]1CCc2c(sc(NC(=O)CN3C[C@@H](C)O[C@@H](C)C3)c2C(N)=O)C1. The second kappa shape index (κ2) is 7.43. The normalized spacial score (nSPS) is 26.9. The second-order valence-corrected chi connectivity index (χ2v) is 8.52. The van der Waals surface area contributed by atoms with E-state index in [-0.39, 0.29) is 18.1 Å². The molecule has 2 aliphatic rings. The molecule has 1 aromatic rings. The van der Waals surface area contributed by atoms with Crippen LogP contribution in [0.25, 0.3) is 0 Å². The van der Waals surface area contributed by atoms with Crippen molar-refractivity contribution in [2.24, 2.45) is 11.7 Å². The van der Waals surface area contributed by atoms with E-state index in [4.69, 9.17) is 10.5 Å². The zero-order valence-electron chi connectivity index (χ0n) is 15.1. The maximum Gasteiger partial charge on any atom is 0.251 e. The van der Waals surface area contributed by atoms with Gasteiger partial charge in [-0.1, -0.05) is 6.92 Å². The van der Waals surface area contributed by atoms with E-state index < -0.39 is 5.91 Å². The molecule has 1 saturated heterocycles. The Bertz CT molecular complexity index is 663. The number of carbonyl (C=O) groups is 2. The Morgan fingerprint density at radius 3 is 2.60 bits per heavy atom. The van der Waals surface area contributed by atoms with Crippen LogP contribution in [0, 0.1) is 5.92 Å².